The lowest BCUT2D eigenvalue weighted by Gasteiger charge is -2.56. The van der Waals surface area contributed by atoms with Gasteiger partial charge in [-0.1, -0.05) is 30.7 Å². The maximum atomic E-state index is 15.0. The van der Waals surface area contributed by atoms with Crippen molar-refractivity contribution in [2.75, 3.05) is 58.8 Å². The third-order valence-corrected chi connectivity index (χ3v) is 15.9. The summed E-state index contributed by atoms with van der Waals surface area (Å²) < 4.78 is 0. The van der Waals surface area contributed by atoms with E-state index in [1.54, 1.807) is 36.9 Å². The van der Waals surface area contributed by atoms with E-state index < -0.39 is 103 Å². The Bertz CT molecular complexity index is 2630. The van der Waals surface area contributed by atoms with Gasteiger partial charge in [0.05, 0.1) is 67.7 Å². The normalized spacial score (nSPS) is 23.5. The highest BCUT2D eigenvalue weighted by Gasteiger charge is 2.51. The third-order valence-electron chi connectivity index (χ3n) is 15.9. The number of benzene rings is 3. The van der Waals surface area contributed by atoms with Crippen molar-refractivity contribution in [1.29, 1.82) is 0 Å². The molecule has 0 saturated heterocycles. The predicted octanol–water partition coefficient (Wildman–Crippen LogP) is -5.11. The molecular formula is C56H79N7O17. The maximum absolute atomic E-state index is 15.0. The number of aromatic amines is 1. The van der Waals surface area contributed by atoms with E-state index in [-0.39, 0.29) is 54.2 Å². The Kier molecular flexibility index (Phi) is 23.0. The van der Waals surface area contributed by atoms with Gasteiger partial charge in [-0.25, -0.2) is 4.98 Å². The van der Waals surface area contributed by atoms with Gasteiger partial charge in [-0.15, -0.1) is 0 Å². The van der Waals surface area contributed by atoms with Crippen molar-refractivity contribution in [2.45, 2.75) is 126 Å². The molecule has 24 heteroatoms. The summed E-state index contributed by atoms with van der Waals surface area (Å²) in [5.41, 5.74) is 2.41. The zero-order chi connectivity index (χ0) is 58.4. The van der Waals surface area contributed by atoms with E-state index in [2.05, 4.69) is 20.6 Å². The molecule has 4 saturated carbocycles. The van der Waals surface area contributed by atoms with E-state index >= 15 is 4.79 Å². The van der Waals surface area contributed by atoms with Crippen molar-refractivity contribution in [3.05, 3.63) is 94.3 Å². The second kappa shape index (κ2) is 29.1. The number of carboxylic acid groups (broad SMARTS) is 2. The molecule has 9 rings (SSSR count). The van der Waals surface area contributed by atoms with Gasteiger partial charge in [-0.2, -0.15) is 0 Å². The number of rotatable bonds is 20. The Morgan fingerprint density at radius 3 is 1.74 bits per heavy atom. The number of carbonyl (C=O) groups excluding carboxylic acids is 5. The minimum atomic E-state index is -1.62. The molecule has 0 spiro atoms. The number of anilines is 1. The molecule has 80 heavy (non-hydrogen) atoms. The summed E-state index contributed by atoms with van der Waals surface area (Å²) in [6.07, 6.45) is 0.854. The lowest BCUT2D eigenvalue weighted by molar-refractivity contribution is -0.635. The van der Waals surface area contributed by atoms with Crippen LogP contribution < -0.4 is 31.5 Å². The molecule has 9 atom stereocenters. The maximum Gasteiger partial charge on any atom is 0.255 e. The number of aryl methyl sites for hydroxylation is 1. The zero-order valence-corrected chi connectivity index (χ0v) is 45.1. The molecule has 4 fully saturated rings. The largest absolute Gasteiger partial charge is 0.545 e. The van der Waals surface area contributed by atoms with Crippen LogP contribution in [-0.4, -0.2) is 204 Å². The number of imidazole rings is 1. The molecule has 17 N–H and O–H groups in total. The molecule has 3 aromatic carbocycles. The Morgan fingerprint density at radius 2 is 1.23 bits per heavy atom. The van der Waals surface area contributed by atoms with Crippen molar-refractivity contribution >= 4 is 46.4 Å². The Balaban J connectivity index is 0.000000328. The summed E-state index contributed by atoms with van der Waals surface area (Å²) >= 11 is 0. The van der Waals surface area contributed by atoms with Crippen LogP contribution in [0.2, 0.25) is 0 Å². The number of H-pyrrole nitrogens is 1. The van der Waals surface area contributed by atoms with Gasteiger partial charge in [-0.3, -0.25) is 14.4 Å². The topological polar surface area (TPSA) is 423 Å². The second-order valence-corrected chi connectivity index (χ2v) is 22.0. The second-order valence-electron chi connectivity index (χ2n) is 22.0. The van der Waals surface area contributed by atoms with E-state index in [1.807, 2.05) is 24.3 Å². The molecule has 1 aromatic heterocycles. The van der Waals surface area contributed by atoms with Gasteiger partial charge in [0, 0.05) is 25.2 Å². The third kappa shape index (κ3) is 16.1. The van der Waals surface area contributed by atoms with E-state index in [0.29, 0.717) is 24.0 Å². The van der Waals surface area contributed by atoms with Crippen molar-refractivity contribution < 1.29 is 95.9 Å². The molecule has 0 radical (unpaired) electrons. The van der Waals surface area contributed by atoms with E-state index in [1.165, 1.54) is 30.5 Å². The van der Waals surface area contributed by atoms with Crippen LogP contribution in [0.15, 0.2) is 60.9 Å². The minimum Gasteiger partial charge on any atom is -0.545 e. The number of aliphatic hydroxyl groups is 10. The highest BCUT2D eigenvalue weighted by Crippen LogP contribution is 2.59. The number of aromatic carboxylic acids is 2. The fraction of sp³-hybridized carbons (Fsp3) is 0.571. The fourth-order valence-corrected chi connectivity index (χ4v) is 12.1. The SMILES string of the molecule is C[NH2+]C[C@H](O)[C@@H](O)[C@H](O)[C@H](O)CO.C[NH2+]C[C@H](O)[C@@H](O)[C@H](O)[C@H](O)CO.O=C([O-])c1cc(NC(=O)C2Cc3ccccc3CCCCCN2C(=O)c2cc3[nH]cnc3cc2C(=O)NCC23CC4CC(CC(C4)C2)C3)cc(C(=O)[O-])c1. The highest BCUT2D eigenvalue weighted by atomic mass is 16.4. The van der Waals surface area contributed by atoms with Gasteiger partial charge in [0.15, 0.2) is 0 Å². The number of carbonyl (C=O) groups is 5. The number of quaternary nitrogens is 2. The number of hydrogen-bond acceptors (Lipinski definition) is 18. The summed E-state index contributed by atoms with van der Waals surface area (Å²) in [4.78, 5) is 76.1. The molecule has 4 aliphatic carbocycles. The van der Waals surface area contributed by atoms with E-state index in [0.717, 1.165) is 85.6 Å². The van der Waals surface area contributed by atoms with E-state index in [9.17, 15) is 49.8 Å². The number of aromatic nitrogens is 2. The van der Waals surface area contributed by atoms with Crippen LogP contribution in [0.1, 0.15) is 110 Å². The predicted molar refractivity (Wildman–Crippen MR) is 283 cm³/mol. The van der Waals surface area contributed by atoms with Crippen LogP contribution in [-0.2, 0) is 17.6 Å². The Morgan fingerprint density at radius 1 is 0.700 bits per heavy atom. The first-order valence-electron chi connectivity index (χ1n) is 27.4. The lowest BCUT2D eigenvalue weighted by atomic mass is 9.49. The van der Waals surface area contributed by atoms with Crippen LogP contribution in [0.5, 0.6) is 0 Å². The summed E-state index contributed by atoms with van der Waals surface area (Å²) in [5, 5.41) is 123. The van der Waals surface area contributed by atoms with E-state index in [4.69, 9.17) is 30.6 Å². The summed E-state index contributed by atoms with van der Waals surface area (Å²) in [5.74, 6) is -2.61. The van der Waals surface area contributed by atoms with Crippen LogP contribution >= 0.6 is 0 Å². The van der Waals surface area contributed by atoms with Crippen LogP contribution in [0.25, 0.3) is 11.0 Å². The quantitative estimate of drug-likeness (QED) is 0.0394. The molecule has 3 amide bonds. The number of hydrogen-bond donors (Lipinski definition) is 15. The fourth-order valence-electron chi connectivity index (χ4n) is 12.1. The number of likely N-dealkylation sites (N-methyl/N-ethyl adjacent to an activating group) is 2. The molecule has 2 heterocycles. The Labute approximate surface area is 462 Å². The number of nitrogens with one attached hydrogen (secondary N) is 3. The first kappa shape index (κ1) is 63.2. The molecule has 5 aliphatic rings. The van der Waals surface area contributed by atoms with Crippen LogP contribution in [0.3, 0.4) is 0 Å². The average molecular weight is 1120 g/mol. The molecule has 1 aliphatic heterocycles. The van der Waals surface area contributed by atoms with Crippen molar-refractivity contribution in [2.24, 2.45) is 23.2 Å². The van der Waals surface area contributed by atoms with Crippen molar-refractivity contribution in [3.8, 4) is 0 Å². The molecule has 4 bridgehead atoms. The minimum absolute atomic E-state index is 0.0754. The van der Waals surface area contributed by atoms with Crippen molar-refractivity contribution in [1.82, 2.24) is 20.2 Å². The lowest BCUT2D eigenvalue weighted by Crippen LogP contribution is -2.83. The summed E-state index contributed by atoms with van der Waals surface area (Å²) in [6.45, 7) is -0.113. The molecule has 24 nitrogen and oxygen atoms in total. The van der Waals surface area contributed by atoms with Gasteiger partial charge < -0.3 is 102 Å². The Hall–Kier alpha value is -6.00. The zero-order valence-electron chi connectivity index (χ0n) is 45.1. The molecule has 440 valence electrons. The van der Waals surface area contributed by atoms with Gasteiger partial charge >= 0.3 is 0 Å². The molecule has 4 aromatic rings. The van der Waals surface area contributed by atoms with Gasteiger partial charge in [0.1, 0.15) is 68.0 Å². The van der Waals surface area contributed by atoms with Crippen LogP contribution in [0.4, 0.5) is 5.69 Å². The molecule has 1 unspecified atom stereocenters. The summed E-state index contributed by atoms with van der Waals surface area (Å²) in [6, 6.07) is 13.0. The number of amides is 3. The average Bonchev–Trinajstić information content (AvgIpc) is 3.92. The number of nitrogens with two attached hydrogens (primary N) is 2. The number of carboxylic acids is 2. The number of aliphatic hydroxyl groups excluding tert-OH is 10. The summed E-state index contributed by atoms with van der Waals surface area (Å²) in [7, 11) is 3.40. The first-order valence-corrected chi connectivity index (χ1v) is 27.4. The van der Waals surface area contributed by atoms with Gasteiger partial charge in [0.25, 0.3) is 11.8 Å². The standard InChI is InChI=1S/C42H45N5O7.2C7H17NO5/c48-37(43-22-42-19-24-10-25(20-42)12-26(11-24)21-42)32-17-34-35(45-23-44-34)18-33(32)39(50)47-9-5-1-2-6-27-7-3-4-8-28(27)16-36(47)38(49)46-31-14-29(40(51)52)13-30(15-31)41(53)54;2*1-8-2-4(10)6(12)7(13)5(11)3-9/h3-4,7-8,13-15,17-18,23-26,36H,1-2,5-6,9-12,16,19-22H2,(H,43,48)(H,44,45)(H,46,49)(H,51,52)(H,53,54);2*4-13H,2-3H2,1H3/t;2*4-,5+,6+,7+/m.00/s1. The van der Waals surface area contributed by atoms with Gasteiger partial charge in [-0.05, 0) is 134 Å². The van der Waals surface area contributed by atoms with Crippen molar-refractivity contribution in [3.63, 3.8) is 0 Å². The highest BCUT2D eigenvalue weighted by molar-refractivity contribution is 6.11. The first-order chi connectivity index (χ1) is 38.1. The van der Waals surface area contributed by atoms with Crippen LogP contribution in [0, 0.1) is 23.2 Å². The monoisotopic (exact) mass is 1120 g/mol. The smallest absolute Gasteiger partial charge is 0.255 e. The molecular weight excluding hydrogens is 1040 g/mol. The van der Waals surface area contributed by atoms with Gasteiger partial charge in [0.2, 0.25) is 5.91 Å². The number of fused-ring (bicyclic) bond motifs is 2. The number of nitrogens with zero attached hydrogens (tertiary/aromatic N) is 2.